The van der Waals surface area contributed by atoms with Crippen molar-refractivity contribution in [2.75, 3.05) is 25.6 Å². The molecule has 0 spiro atoms. The summed E-state index contributed by atoms with van der Waals surface area (Å²) < 4.78 is 6.59. The summed E-state index contributed by atoms with van der Waals surface area (Å²) in [6.07, 6.45) is 6.58. The van der Waals surface area contributed by atoms with Crippen LogP contribution in [0.25, 0.3) is 0 Å². The van der Waals surface area contributed by atoms with E-state index in [2.05, 4.69) is 15.7 Å². The van der Waals surface area contributed by atoms with E-state index in [-0.39, 0.29) is 18.4 Å². The fraction of sp³-hybridized carbons (Fsp3) is 0.722. The molecule has 0 atom stereocenters. The summed E-state index contributed by atoms with van der Waals surface area (Å²) in [5.74, 6) is 2.77. The lowest BCUT2D eigenvalue weighted by molar-refractivity contribution is -0.122. The highest BCUT2D eigenvalue weighted by atomic mass is 32.2. The monoisotopic (exact) mass is 380 g/mol. The molecular formula is C18H28N4O3S. The summed E-state index contributed by atoms with van der Waals surface area (Å²) >= 11 is 1.79. The second-order valence-corrected chi connectivity index (χ2v) is 8.01. The number of hydrogen-bond donors (Lipinski definition) is 2. The molecule has 1 saturated carbocycles. The number of nitrogens with one attached hydrogen (secondary N) is 2. The molecule has 2 heterocycles. The minimum Gasteiger partial charge on any atom is -0.383 e. The minimum absolute atomic E-state index is 0.0394. The average molecular weight is 381 g/mol. The molecule has 3 rings (SSSR count). The summed E-state index contributed by atoms with van der Waals surface area (Å²) in [5.41, 5.74) is 2.05. The molecular weight excluding hydrogens is 352 g/mol. The van der Waals surface area contributed by atoms with Crippen molar-refractivity contribution in [2.24, 2.45) is 5.92 Å². The van der Waals surface area contributed by atoms with Crippen molar-refractivity contribution >= 4 is 29.4 Å². The Balaban J connectivity index is 1.63. The Labute approximate surface area is 158 Å². The van der Waals surface area contributed by atoms with Gasteiger partial charge in [-0.05, 0) is 18.8 Å². The highest BCUT2D eigenvalue weighted by molar-refractivity contribution is 7.98. The van der Waals surface area contributed by atoms with Gasteiger partial charge in [0, 0.05) is 37.1 Å². The first kappa shape index (κ1) is 19.2. The predicted molar refractivity (Wildman–Crippen MR) is 102 cm³/mol. The van der Waals surface area contributed by atoms with E-state index < -0.39 is 0 Å². The minimum atomic E-state index is -0.126. The largest absolute Gasteiger partial charge is 0.383 e. The van der Waals surface area contributed by atoms with Crippen LogP contribution in [-0.4, -0.2) is 41.9 Å². The SMILES string of the molecule is COCCNC(=O)Cn1nc2c(c1NC(=O)CC1CCCCC1)CSC2. The lowest BCUT2D eigenvalue weighted by Crippen LogP contribution is -2.31. The number of methoxy groups -OCH3 is 1. The van der Waals surface area contributed by atoms with E-state index in [1.54, 1.807) is 23.6 Å². The molecule has 1 fully saturated rings. The number of rotatable bonds is 8. The van der Waals surface area contributed by atoms with Crippen LogP contribution < -0.4 is 10.6 Å². The van der Waals surface area contributed by atoms with Gasteiger partial charge in [0.15, 0.2) is 0 Å². The van der Waals surface area contributed by atoms with Crippen LogP contribution in [0.15, 0.2) is 0 Å². The molecule has 0 aromatic carbocycles. The lowest BCUT2D eigenvalue weighted by atomic mass is 9.87. The number of thioether (sulfide) groups is 1. The van der Waals surface area contributed by atoms with Crippen molar-refractivity contribution < 1.29 is 14.3 Å². The van der Waals surface area contributed by atoms with E-state index in [0.29, 0.717) is 31.3 Å². The Morgan fingerprint density at radius 3 is 2.81 bits per heavy atom. The molecule has 2 N–H and O–H groups in total. The first-order chi connectivity index (χ1) is 12.7. The average Bonchev–Trinajstić information content (AvgIpc) is 3.19. The van der Waals surface area contributed by atoms with Gasteiger partial charge in [-0.2, -0.15) is 16.9 Å². The summed E-state index contributed by atoms with van der Waals surface area (Å²) in [6.45, 7) is 1.05. The Kier molecular flexibility index (Phi) is 6.96. The molecule has 8 heteroatoms. The van der Waals surface area contributed by atoms with E-state index in [0.717, 1.165) is 35.6 Å². The maximum absolute atomic E-state index is 12.6. The van der Waals surface area contributed by atoms with Gasteiger partial charge in [-0.15, -0.1) is 0 Å². The number of aromatic nitrogens is 2. The lowest BCUT2D eigenvalue weighted by Gasteiger charge is -2.21. The van der Waals surface area contributed by atoms with Crippen molar-refractivity contribution in [3.05, 3.63) is 11.3 Å². The zero-order valence-corrected chi connectivity index (χ0v) is 16.2. The molecule has 0 radical (unpaired) electrons. The van der Waals surface area contributed by atoms with Gasteiger partial charge in [-0.1, -0.05) is 19.3 Å². The van der Waals surface area contributed by atoms with Gasteiger partial charge < -0.3 is 15.4 Å². The molecule has 1 aliphatic carbocycles. The third-order valence-electron chi connectivity index (χ3n) is 5.00. The maximum atomic E-state index is 12.6. The summed E-state index contributed by atoms with van der Waals surface area (Å²) in [7, 11) is 1.60. The van der Waals surface area contributed by atoms with Crippen molar-refractivity contribution in [2.45, 2.75) is 56.6 Å². The summed E-state index contributed by atoms with van der Waals surface area (Å²) in [5, 5.41) is 10.4. The molecule has 2 amide bonds. The van der Waals surface area contributed by atoms with Gasteiger partial charge in [0.1, 0.15) is 12.4 Å². The first-order valence-electron chi connectivity index (χ1n) is 9.39. The van der Waals surface area contributed by atoms with Gasteiger partial charge in [-0.3, -0.25) is 9.59 Å². The molecule has 2 aliphatic rings. The fourth-order valence-electron chi connectivity index (χ4n) is 3.64. The highest BCUT2D eigenvalue weighted by Crippen LogP contribution is 2.35. The van der Waals surface area contributed by atoms with Crippen molar-refractivity contribution in [3.8, 4) is 0 Å². The third-order valence-corrected chi connectivity index (χ3v) is 5.97. The van der Waals surface area contributed by atoms with Crippen molar-refractivity contribution in [3.63, 3.8) is 0 Å². The van der Waals surface area contributed by atoms with Crippen molar-refractivity contribution in [1.82, 2.24) is 15.1 Å². The van der Waals surface area contributed by atoms with Crippen LogP contribution in [0.2, 0.25) is 0 Å². The normalized spacial score (nSPS) is 17.1. The standard InChI is InChI=1S/C18H28N4O3S/c1-25-8-7-19-17(24)10-22-18(14-11-26-12-15(14)21-22)20-16(23)9-13-5-3-2-4-6-13/h13H,2-12H2,1H3,(H,19,24)(H,20,23). The molecule has 144 valence electrons. The zero-order chi connectivity index (χ0) is 18.4. The van der Waals surface area contributed by atoms with Crippen LogP contribution >= 0.6 is 11.8 Å². The van der Waals surface area contributed by atoms with Gasteiger partial charge >= 0.3 is 0 Å². The number of anilines is 1. The maximum Gasteiger partial charge on any atom is 0.241 e. The van der Waals surface area contributed by atoms with Gasteiger partial charge in [0.05, 0.1) is 12.3 Å². The molecule has 0 bridgehead atoms. The predicted octanol–water partition coefficient (Wildman–Crippen LogP) is 2.30. The second-order valence-electron chi connectivity index (χ2n) is 7.02. The topological polar surface area (TPSA) is 85.2 Å². The molecule has 1 aliphatic heterocycles. The number of amides is 2. The number of ether oxygens (including phenoxy) is 1. The molecule has 1 aromatic heterocycles. The number of carbonyl (C=O) groups excluding carboxylic acids is 2. The van der Waals surface area contributed by atoms with Crippen LogP contribution in [0.3, 0.4) is 0 Å². The third kappa shape index (κ3) is 5.01. The van der Waals surface area contributed by atoms with Crippen LogP contribution in [0.4, 0.5) is 5.82 Å². The quantitative estimate of drug-likeness (QED) is 0.676. The smallest absolute Gasteiger partial charge is 0.241 e. The van der Waals surface area contributed by atoms with Gasteiger partial charge in [0.2, 0.25) is 11.8 Å². The highest BCUT2D eigenvalue weighted by Gasteiger charge is 2.26. The molecule has 0 saturated heterocycles. The van der Waals surface area contributed by atoms with Crippen LogP contribution in [0.1, 0.15) is 49.8 Å². The first-order valence-corrected chi connectivity index (χ1v) is 10.5. The van der Waals surface area contributed by atoms with Crippen LogP contribution in [0.5, 0.6) is 0 Å². The van der Waals surface area contributed by atoms with E-state index >= 15 is 0 Å². The summed E-state index contributed by atoms with van der Waals surface area (Å²) in [4.78, 5) is 24.7. The second kappa shape index (κ2) is 9.41. The number of carbonyl (C=O) groups is 2. The van der Waals surface area contributed by atoms with Crippen LogP contribution in [0, 0.1) is 5.92 Å². The molecule has 26 heavy (non-hydrogen) atoms. The van der Waals surface area contributed by atoms with Gasteiger partial charge in [0.25, 0.3) is 0 Å². The van der Waals surface area contributed by atoms with E-state index in [1.807, 2.05) is 0 Å². The number of nitrogens with zero attached hydrogens (tertiary/aromatic N) is 2. The Hall–Kier alpha value is -1.54. The van der Waals surface area contributed by atoms with E-state index in [1.165, 1.54) is 19.3 Å². The zero-order valence-electron chi connectivity index (χ0n) is 15.4. The van der Waals surface area contributed by atoms with Crippen LogP contribution in [-0.2, 0) is 32.4 Å². The van der Waals surface area contributed by atoms with E-state index in [9.17, 15) is 9.59 Å². The molecule has 1 aromatic rings. The summed E-state index contributed by atoms with van der Waals surface area (Å²) in [6, 6.07) is 0. The number of hydrogen-bond acceptors (Lipinski definition) is 5. The molecule has 0 unspecified atom stereocenters. The van der Waals surface area contributed by atoms with Crippen molar-refractivity contribution in [1.29, 1.82) is 0 Å². The van der Waals surface area contributed by atoms with Gasteiger partial charge in [-0.25, -0.2) is 4.68 Å². The Bertz CT molecular complexity index is 641. The van der Waals surface area contributed by atoms with E-state index in [4.69, 9.17) is 4.74 Å². The number of fused-ring (bicyclic) bond motifs is 1. The fourth-order valence-corrected chi connectivity index (χ4v) is 4.68. The molecule has 7 nitrogen and oxygen atoms in total. The Morgan fingerprint density at radius 2 is 2.04 bits per heavy atom. The Morgan fingerprint density at radius 1 is 1.23 bits per heavy atom.